The van der Waals surface area contributed by atoms with Crippen molar-refractivity contribution in [2.45, 2.75) is 34.1 Å². The van der Waals surface area contributed by atoms with E-state index in [1.165, 1.54) is 11.1 Å². The Morgan fingerprint density at radius 1 is 0.500 bits per heavy atom. The van der Waals surface area contributed by atoms with Gasteiger partial charge in [0.2, 0.25) is 11.6 Å². The summed E-state index contributed by atoms with van der Waals surface area (Å²) in [6, 6.07) is 4.17. The van der Waals surface area contributed by atoms with Crippen molar-refractivity contribution >= 4 is 162 Å². The van der Waals surface area contributed by atoms with Gasteiger partial charge in [-0.05, 0) is 69.3 Å². The molecule has 7 rings (SSSR count). The summed E-state index contributed by atoms with van der Waals surface area (Å²) in [6.07, 6.45) is 3.18. The van der Waals surface area contributed by atoms with Crippen LogP contribution in [0.4, 0.5) is 22.0 Å². The molecule has 3 radical (unpaired) electrons. The largest absolute Gasteiger partial charge is 0.704 e. The van der Waals surface area contributed by atoms with Crippen LogP contribution < -0.4 is 20.8 Å². The summed E-state index contributed by atoms with van der Waals surface area (Å²) in [7, 11) is 3.24. The van der Waals surface area contributed by atoms with Crippen LogP contribution in [0, 0.1) is 29.1 Å². The number of hydrogen-bond acceptors (Lipinski definition) is 20. The van der Waals surface area contributed by atoms with Crippen LogP contribution in [0.25, 0.3) is 27.8 Å². The first kappa shape index (κ1) is 88.9. The van der Waals surface area contributed by atoms with Crippen molar-refractivity contribution in [3.8, 4) is 0 Å². The van der Waals surface area contributed by atoms with Crippen LogP contribution in [-0.4, -0.2) is 123 Å². The quantitative estimate of drug-likeness (QED) is 0.0137. The predicted octanol–water partition coefficient (Wildman–Crippen LogP) is 11.1. The molecule has 7 heterocycles. The van der Waals surface area contributed by atoms with E-state index in [0.29, 0.717) is 6.20 Å². The van der Waals surface area contributed by atoms with E-state index < -0.39 is 125 Å². The second-order valence-electron chi connectivity index (χ2n) is 16.7. The fourth-order valence-electron chi connectivity index (χ4n) is 6.29. The van der Waals surface area contributed by atoms with E-state index >= 15 is 0 Å². The SMILES string of the molecule is CCOC(=O)/C(=C\N(C)C)C(=O)c1cc(F)c(Cl)nc1Cl.CCOC(=O)/C(=C\[NH-])C(=O)c1cc(F)c(Cl)nc1Cl.CCOC(=O)CC(=O)c1cc(F)c(Cl)nc1Cl.CCOC(=O)c1c[n-]c2nc(Cl)c(F)cc2c1=O.O=C(O)c1c[n-]c2nc(Cl)c(F)cc2c1=O.[Y].[Y].[Y]. The van der Waals surface area contributed by atoms with Gasteiger partial charge in [-0.3, -0.25) is 28.8 Å². The molecule has 0 saturated heterocycles. The second kappa shape index (κ2) is 42.5. The summed E-state index contributed by atoms with van der Waals surface area (Å²) in [4.78, 5) is 142. The van der Waals surface area contributed by atoms with Crippen LogP contribution in [0.3, 0.4) is 0 Å². The first-order valence-electron chi connectivity index (χ1n) is 24.7. The van der Waals surface area contributed by atoms with Gasteiger partial charge < -0.3 is 54.6 Å². The van der Waals surface area contributed by atoms with E-state index in [0.717, 1.165) is 42.7 Å². The minimum atomic E-state index is -1.42. The number of hydrogen-bond donors (Lipinski definition) is 1. The van der Waals surface area contributed by atoms with Gasteiger partial charge in [-0.1, -0.05) is 105 Å². The zero-order chi connectivity index (χ0) is 68.9. The Bertz CT molecular complexity index is 4200. The van der Waals surface area contributed by atoms with E-state index in [2.05, 4.69) is 44.4 Å². The zero-order valence-corrected chi connectivity index (χ0v) is 63.2. The van der Waals surface area contributed by atoms with Gasteiger partial charge in [0.05, 0.1) is 59.0 Å². The standard InChI is InChI=1S/C13H13Cl2FN2O3.C11H9Cl2FN2O3.C11H8ClFN2O3.C10H8Cl2FNO3.C9H4ClFN2O3.3Y/c1-4-21-13(20)8(6-18(2)3)10(19)7-5-9(16)12(15)17-11(7)14;1-2-19-11(18)6(4-15)8(17)5-3-7(14)10(13)16-9(5)12;1-2-18-11(17)6-4-14-10-5(8(6)16)3-7(13)9(12)15-10;1-2-17-8(16)4-7(15)5-3-6(13)10(12)14-9(5)11;10-7-5(11)1-3-6(14)4(9(15)16)2-12-8(3)13-7;;;/h5-6H,4H2,1-3H3;3-4H,2H2,1H3,(H2,15,17,18);3-4H,2H2,1H3,(H,14,15,16,17);3H,2,4H2,1H3;1-2H,(H2,12,13,14,15,16);;;/p-3/b8-6-;;;;;;;. The number of nitrogens with zero attached hydrogens (tertiary/aromatic N) is 8. The first-order valence-corrected chi connectivity index (χ1v) is 27.7. The maximum atomic E-state index is 13.4. The number of carboxylic acid groups (broad SMARTS) is 1. The Labute approximate surface area is 642 Å². The number of fused-ring (bicyclic) bond motifs is 2. The van der Waals surface area contributed by atoms with Gasteiger partial charge in [-0.25, -0.2) is 56.1 Å². The Morgan fingerprint density at radius 3 is 1.22 bits per heavy atom. The molecule has 40 heteroatoms. The summed E-state index contributed by atoms with van der Waals surface area (Å²) in [5.41, 5.74) is 2.97. The summed E-state index contributed by atoms with van der Waals surface area (Å²) in [5, 5.41) is 5.29. The van der Waals surface area contributed by atoms with Gasteiger partial charge in [-0.2, -0.15) is 6.20 Å². The third kappa shape index (κ3) is 25.4. The zero-order valence-electron chi connectivity index (χ0n) is 48.6. The van der Waals surface area contributed by atoms with Crippen LogP contribution >= 0.6 is 92.8 Å². The molecule has 0 aliphatic heterocycles. The molecule has 0 aromatic carbocycles. The summed E-state index contributed by atoms with van der Waals surface area (Å²) < 4.78 is 84.7. The Morgan fingerprint density at radius 2 is 0.840 bits per heavy atom. The number of aromatic carboxylic acids is 1. The fraction of sp³-hybridized carbons (Fsp3) is 0.204. The molecule has 7 aromatic heterocycles. The van der Waals surface area contributed by atoms with Gasteiger partial charge in [0.25, 0.3) is 0 Å². The number of carbonyl (C=O) groups excluding carboxylic acids is 7. The van der Waals surface area contributed by atoms with E-state index in [-0.39, 0.29) is 195 Å². The molecule has 2 N–H and O–H groups in total. The van der Waals surface area contributed by atoms with Gasteiger partial charge in [0, 0.05) is 129 Å². The smallest absolute Gasteiger partial charge is 0.343 e. The van der Waals surface area contributed by atoms with E-state index in [1.807, 2.05) is 0 Å². The third-order valence-electron chi connectivity index (χ3n) is 10.2. The Hall–Kier alpha value is -5.11. The minimum Gasteiger partial charge on any atom is -0.704 e. The topological polar surface area (TPSA) is 348 Å². The van der Waals surface area contributed by atoms with Gasteiger partial charge in [0.1, 0.15) is 50.2 Å². The monoisotopic (exact) mass is 1690 g/mol. The number of aromatic nitrogens is 7. The summed E-state index contributed by atoms with van der Waals surface area (Å²) >= 11 is 44.2. The molecule has 0 bridgehead atoms. The van der Waals surface area contributed by atoms with Crippen molar-refractivity contribution in [1.82, 2.24) is 39.8 Å². The first-order chi connectivity index (χ1) is 42.7. The number of ketones is 3. The third-order valence-corrected chi connectivity index (χ3v) is 12.4. The normalized spacial score (nSPS) is 10.5. The molecule has 7 aromatic rings. The van der Waals surface area contributed by atoms with Crippen LogP contribution in [0.5, 0.6) is 0 Å². The van der Waals surface area contributed by atoms with E-state index in [9.17, 15) is 69.9 Å². The number of esters is 4. The van der Waals surface area contributed by atoms with Crippen LogP contribution in [0.2, 0.25) is 41.2 Å². The van der Waals surface area contributed by atoms with E-state index in [4.69, 9.17) is 113 Å². The Kier molecular flexibility index (Phi) is 40.2. The molecule has 0 amide bonds. The second-order valence-corrected chi connectivity index (χ2v) is 19.5. The molecule has 94 heavy (non-hydrogen) atoms. The molecule has 0 saturated carbocycles. The van der Waals surface area contributed by atoms with E-state index in [1.54, 1.807) is 41.8 Å². The molecule has 0 unspecified atom stereocenters. The van der Waals surface area contributed by atoms with Crippen molar-refractivity contribution < 1.29 is 182 Å². The number of pyridine rings is 7. The van der Waals surface area contributed by atoms with Gasteiger partial charge in [-0.15, -0.1) is 0 Å². The van der Waals surface area contributed by atoms with Crippen molar-refractivity contribution in [3.63, 3.8) is 0 Å². The van der Waals surface area contributed by atoms with Crippen LogP contribution in [0.1, 0.15) is 85.9 Å². The predicted molar refractivity (Wildman–Crippen MR) is 320 cm³/mol. The van der Waals surface area contributed by atoms with Crippen molar-refractivity contribution in [2.75, 3.05) is 40.5 Å². The molecular weight excluding hydrogens is 1660 g/mol. The number of nitrogens with one attached hydrogen (secondary N) is 1. The van der Waals surface area contributed by atoms with Gasteiger partial charge in [0.15, 0.2) is 49.6 Å². The molecule has 493 valence electrons. The number of rotatable bonds is 16. The molecule has 0 aliphatic rings. The molecule has 0 spiro atoms. The average molecular weight is 1700 g/mol. The maximum Gasteiger partial charge on any atom is 0.343 e. The number of carboxylic acids is 1. The minimum absolute atomic E-state index is 0. The molecular formula is C54H39Cl8F5N9O15Y3-3. The average Bonchev–Trinajstić information content (AvgIpc) is 0.821. The van der Waals surface area contributed by atoms with Crippen molar-refractivity contribution in [1.29, 1.82) is 0 Å². The number of Topliss-reactive ketones (excluding diaryl/α,β-unsaturated/α-hetero) is 3. The maximum absolute atomic E-state index is 13.4. The molecule has 0 aliphatic carbocycles. The van der Waals surface area contributed by atoms with Crippen molar-refractivity contribution in [2.24, 2.45) is 0 Å². The van der Waals surface area contributed by atoms with Crippen LogP contribution in [0.15, 0.2) is 75.9 Å². The molecule has 0 fully saturated rings. The van der Waals surface area contributed by atoms with Crippen LogP contribution in [-0.2, 0) is 131 Å². The van der Waals surface area contributed by atoms with Crippen molar-refractivity contribution in [3.05, 3.63) is 191 Å². The summed E-state index contributed by atoms with van der Waals surface area (Å²) in [5.74, 6) is -11.6. The number of halogens is 13. The summed E-state index contributed by atoms with van der Waals surface area (Å²) in [6.45, 7) is 6.78. The fourth-order valence-corrected chi connectivity index (χ4v) is 7.80. The Balaban J connectivity index is 0.00000114. The molecule has 0 atom stereocenters. The molecule has 24 nitrogen and oxygen atoms in total. The number of carbonyl (C=O) groups is 8. The van der Waals surface area contributed by atoms with Gasteiger partial charge >= 0.3 is 29.8 Å². The number of ether oxygens (including phenoxy) is 4.